The van der Waals surface area contributed by atoms with Gasteiger partial charge in [0.15, 0.2) is 0 Å². The van der Waals surface area contributed by atoms with Gasteiger partial charge in [-0.15, -0.1) is 22.7 Å². The molecular formula is C61H38N2S2. The monoisotopic (exact) mass is 862 g/mol. The van der Waals surface area contributed by atoms with Crippen molar-refractivity contribution in [3.8, 4) is 44.8 Å². The number of para-hydroxylation sites is 2. The molecule has 0 N–H and O–H groups in total. The number of benzene rings is 10. The maximum absolute atomic E-state index is 2.45. The predicted octanol–water partition coefficient (Wildman–Crippen LogP) is 17.9. The third-order valence-corrected chi connectivity index (χ3v) is 16.1. The van der Waals surface area contributed by atoms with Crippen LogP contribution in [-0.4, -0.2) is 9.13 Å². The first-order chi connectivity index (χ1) is 32.1. The molecule has 0 aliphatic heterocycles. The average molecular weight is 863 g/mol. The molecule has 0 saturated carbocycles. The molecule has 0 amide bonds. The van der Waals surface area contributed by atoms with Gasteiger partial charge in [-0.1, -0.05) is 140 Å². The van der Waals surface area contributed by atoms with Crippen molar-refractivity contribution < 1.29 is 0 Å². The summed E-state index contributed by atoms with van der Waals surface area (Å²) in [5.74, 6) is 0. The third kappa shape index (κ3) is 5.51. The standard InChI is InChI=1S/C61H38N2S2/c1-37-27-30-42(63-55-24-7-3-16-46(55)53-35-40(29-32-57(53)63)44-20-12-22-50-48-18-5-9-26-59(48)65-61(44)50)36-51(37)38-13-10-14-41(33-38)62-54-23-6-2-15-45(54)52-34-39(28-31-56(52)62)43-19-11-21-49-47-17-4-8-25-58(47)64-60(43)49/h2-36H,1H3. The van der Waals surface area contributed by atoms with Crippen molar-refractivity contribution in [3.63, 3.8) is 0 Å². The number of hydrogen-bond acceptors (Lipinski definition) is 2. The summed E-state index contributed by atoms with van der Waals surface area (Å²) < 4.78 is 10.2. The van der Waals surface area contributed by atoms with Gasteiger partial charge in [0.1, 0.15) is 0 Å². The first-order valence-electron chi connectivity index (χ1n) is 22.2. The molecule has 10 aromatic carbocycles. The van der Waals surface area contributed by atoms with E-state index in [2.05, 4.69) is 228 Å². The molecule has 0 saturated heterocycles. The highest BCUT2D eigenvalue weighted by Crippen LogP contribution is 2.44. The quantitative estimate of drug-likeness (QED) is 0.163. The fourth-order valence-corrected chi connectivity index (χ4v) is 13.1. The summed E-state index contributed by atoms with van der Waals surface area (Å²) in [6, 6.07) is 78.9. The van der Waals surface area contributed by atoms with E-state index in [1.807, 2.05) is 22.7 Å². The number of hydrogen-bond donors (Lipinski definition) is 0. The van der Waals surface area contributed by atoms with Crippen LogP contribution in [0.15, 0.2) is 212 Å². The molecule has 0 radical (unpaired) electrons. The van der Waals surface area contributed by atoms with Crippen LogP contribution in [0.25, 0.3) is 129 Å². The van der Waals surface area contributed by atoms with E-state index in [1.54, 1.807) is 0 Å². The Labute approximate surface area is 383 Å². The van der Waals surface area contributed by atoms with E-state index in [9.17, 15) is 0 Å². The number of rotatable bonds is 5. The Kier molecular flexibility index (Phi) is 7.97. The van der Waals surface area contributed by atoms with Gasteiger partial charge in [0.2, 0.25) is 0 Å². The van der Waals surface area contributed by atoms with Crippen LogP contribution in [0, 0.1) is 6.92 Å². The highest BCUT2D eigenvalue weighted by atomic mass is 32.1. The Morgan fingerprint density at radius 3 is 1.31 bits per heavy atom. The van der Waals surface area contributed by atoms with Crippen LogP contribution >= 0.6 is 22.7 Å². The van der Waals surface area contributed by atoms with Gasteiger partial charge in [0, 0.05) is 73.3 Å². The normalized spacial score (nSPS) is 12.1. The fourth-order valence-electron chi connectivity index (χ4n) is 10.7. The van der Waals surface area contributed by atoms with Crippen LogP contribution in [-0.2, 0) is 0 Å². The van der Waals surface area contributed by atoms with Gasteiger partial charge in [-0.2, -0.15) is 0 Å². The lowest BCUT2D eigenvalue weighted by Gasteiger charge is -2.15. The summed E-state index contributed by atoms with van der Waals surface area (Å²) in [7, 11) is 0. The largest absolute Gasteiger partial charge is 0.309 e. The van der Waals surface area contributed by atoms with Gasteiger partial charge < -0.3 is 9.13 Å². The SMILES string of the molecule is Cc1ccc(-n2c3ccccc3c3cc(-c4cccc5c4sc4ccccc45)ccc32)cc1-c1cccc(-n2c3ccccc3c3cc(-c4cccc5c4sc4ccccc45)ccc32)c1. The molecule has 0 fully saturated rings. The second-order valence-electron chi connectivity index (χ2n) is 17.3. The Morgan fingerprint density at radius 2 is 0.738 bits per heavy atom. The number of thiophene rings is 2. The van der Waals surface area contributed by atoms with Crippen LogP contribution in [0.3, 0.4) is 0 Å². The van der Waals surface area contributed by atoms with Crippen LogP contribution in [0.2, 0.25) is 0 Å². The zero-order valence-corrected chi connectivity index (χ0v) is 37.1. The second kappa shape index (κ2) is 14.1. The zero-order valence-electron chi connectivity index (χ0n) is 35.4. The minimum atomic E-state index is 1.15. The van der Waals surface area contributed by atoms with E-state index in [-0.39, 0.29) is 0 Å². The molecule has 0 aliphatic rings. The van der Waals surface area contributed by atoms with Crippen LogP contribution in [0.5, 0.6) is 0 Å². The van der Waals surface area contributed by atoms with E-state index >= 15 is 0 Å². The molecule has 14 rings (SSSR count). The van der Waals surface area contributed by atoms with Crippen LogP contribution in [0.4, 0.5) is 0 Å². The Morgan fingerprint density at radius 1 is 0.292 bits per heavy atom. The molecule has 4 heteroatoms. The predicted molar refractivity (Wildman–Crippen MR) is 282 cm³/mol. The number of nitrogens with zero attached hydrogens (tertiary/aromatic N) is 2. The number of aryl methyl sites for hydroxylation is 1. The Bertz CT molecular complexity index is 4270. The summed E-state index contributed by atoms with van der Waals surface area (Å²) in [5, 5.41) is 10.3. The van der Waals surface area contributed by atoms with E-state index in [0.29, 0.717) is 0 Å². The number of fused-ring (bicyclic) bond motifs is 12. The van der Waals surface area contributed by atoms with Gasteiger partial charge in [0.05, 0.1) is 22.1 Å². The molecule has 65 heavy (non-hydrogen) atoms. The van der Waals surface area contributed by atoms with Crippen molar-refractivity contribution >= 4 is 107 Å². The third-order valence-electron chi connectivity index (χ3n) is 13.7. The fraction of sp³-hybridized carbons (Fsp3) is 0.0164. The molecule has 0 atom stereocenters. The molecule has 2 nitrogen and oxygen atoms in total. The summed E-state index contributed by atoms with van der Waals surface area (Å²) in [6.07, 6.45) is 0. The molecule has 304 valence electrons. The molecule has 0 aliphatic carbocycles. The topological polar surface area (TPSA) is 9.86 Å². The van der Waals surface area contributed by atoms with Gasteiger partial charge in [-0.05, 0) is 119 Å². The minimum Gasteiger partial charge on any atom is -0.309 e. The van der Waals surface area contributed by atoms with Gasteiger partial charge in [-0.25, -0.2) is 0 Å². The molecular weight excluding hydrogens is 825 g/mol. The molecule has 14 aromatic rings. The van der Waals surface area contributed by atoms with Gasteiger partial charge in [-0.3, -0.25) is 0 Å². The smallest absolute Gasteiger partial charge is 0.0541 e. The summed E-state index contributed by atoms with van der Waals surface area (Å²) in [6.45, 7) is 2.23. The molecule has 0 spiro atoms. The highest BCUT2D eigenvalue weighted by Gasteiger charge is 2.19. The van der Waals surface area contributed by atoms with E-state index < -0.39 is 0 Å². The van der Waals surface area contributed by atoms with Crippen molar-refractivity contribution in [1.82, 2.24) is 9.13 Å². The second-order valence-corrected chi connectivity index (χ2v) is 19.4. The molecule has 4 heterocycles. The van der Waals surface area contributed by atoms with E-state index in [4.69, 9.17) is 0 Å². The maximum atomic E-state index is 2.45. The molecule has 0 unspecified atom stereocenters. The van der Waals surface area contributed by atoms with Crippen molar-refractivity contribution in [2.75, 3.05) is 0 Å². The van der Waals surface area contributed by atoms with Crippen molar-refractivity contribution in [3.05, 3.63) is 218 Å². The molecule has 0 bridgehead atoms. The average Bonchev–Trinajstić information content (AvgIpc) is 4.12. The maximum Gasteiger partial charge on any atom is 0.0541 e. The Balaban J connectivity index is 0.889. The minimum absolute atomic E-state index is 1.15. The first-order valence-corrected chi connectivity index (χ1v) is 23.9. The highest BCUT2D eigenvalue weighted by molar-refractivity contribution is 7.26. The summed E-state index contributed by atoms with van der Waals surface area (Å²) in [4.78, 5) is 0. The zero-order chi connectivity index (χ0) is 42.8. The van der Waals surface area contributed by atoms with Gasteiger partial charge in [0.25, 0.3) is 0 Å². The van der Waals surface area contributed by atoms with Crippen LogP contribution < -0.4 is 0 Å². The van der Waals surface area contributed by atoms with Crippen molar-refractivity contribution in [1.29, 1.82) is 0 Å². The van der Waals surface area contributed by atoms with Crippen molar-refractivity contribution in [2.45, 2.75) is 6.92 Å². The summed E-state index contributed by atoms with van der Waals surface area (Å²) in [5.41, 5.74) is 15.8. The van der Waals surface area contributed by atoms with E-state index in [0.717, 1.165) is 11.4 Å². The van der Waals surface area contributed by atoms with Crippen molar-refractivity contribution in [2.24, 2.45) is 0 Å². The summed E-state index contributed by atoms with van der Waals surface area (Å²) >= 11 is 3.78. The molecule has 4 aromatic heterocycles. The first kappa shape index (κ1) is 36.7. The lowest BCUT2D eigenvalue weighted by atomic mass is 9.99. The van der Waals surface area contributed by atoms with Crippen LogP contribution in [0.1, 0.15) is 5.56 Å². The lowest BCUT2D eigenvalue weighted by Crippen LogP contribution is -1.97. The lowest BCUT2D eigenvalue weighted by molar-refractivity contribution is 1.17. The van der Waals surface area contributed by atoms with Gasteiger partial charge >= 0.3 is 0 Å². The number of aromatic nitrogens is 2. The van der Waals surface area contributed by atoms with E-state index in [1.165, 1.54) is 123 Å². The Hall–Kier alpha value is -7.76.